The van der Waals surface area contributed by atoms with Gasteiger partial charge in [-0.3, -0.25) is 9.67 Å². The van der Waals surface area contributed by atoms with Crippen molar-refractivity contribution in [3.63, 3.8) is 0 Å². The van der Waals surface area contributed by atoms with Gasteiger partial charge in [-0.25, -0.2) is 4.79 Å². The predicted octanol–water partition coefficient (Wildman–Crippen LogP) is 3.87. The van der Waals surface area contributed by atoms with Crippen molar-refractivity contribution in [3.8, 4) is 0 Å². The topological polar surface area (TPSA) is 63.1 Å². The van der Waals surface area contributed by atoms with Crippen LogP contribution in [0.4, 0.5) is 4.79 Å². The molecule has 0 saturated carbocycles. The van der Waals surface area contributed by atoms with Gasteiger partial charge in [-0.1, -0.05) is 24.3 Å². The second-order valence-electron chi connectivity index (χ2n) is 7.94. The van der Waals surface area contributed by atoms with Gasteiger partial charge in [0, 0.05) is 31.2 Å². The van der Waals surface area contributed by atoms with Gasteiger partial charge in [0.1, 0.15) is 0 Å². The van der Waals surface area contributed by atoms with E-state index in [4.69, 9.17) is 0 Å². The minimum absolute atomic E-state index is 0.0603. The van der Waals surface area contributed by atoms with Gasteiger partial charge in [-0.2, -0.15) is 5.10 Å². The number of urea groups is 1. The standard InChI is InChI=1S/C23H27N5O/c1-15-7-8-19(10-16(15)2)22(20-6-5-9-24-12-20)25-23(29)27-13-21(14-27)28-18(4)11-17(3)26-28/h5-12,21-22H,13-14H2,1-4H3,(H,25,29)/t22-/m0/s1. The third-order valence-electron chi connectivity index (χ3n) is 5.69. The summed E-state index contributed by atoms with van der Waals surface area (Å²) in [6, 6.07) is 12.2. The zero-order valence-corrected chi connectivity index (χ0v) is 17.4. The van der Waals surface area contributed by atoms with Crippen LogP contribution in [0.25, 0.3) is 0 Å². The summed E-state index contributed by atoms with van der Waals surface area (Å²) in [6.45, 7) is 9.57. The molecule has 3 heterocycles. The van der Waals surface area contributed by atoms with Gasteiger partial charge in [0.15, 0.2) is 0 Å². The Morgan fingerprint density at radius 3 is 2.48 bits per heavy atom. The molecular weight excluding hydrogens is 362 g/mol. The van der Waals surface area contributed by atoms with E-state index < -0.39 is 0 Å². The van der Waals surface area contributed by atoms with Crippen molar-refractivity contribution in [2.45, 2.75) is 39.8 Å². The lowest BCUT2D eigenvalue weighted by atomic mass is 9.96. The summed E-state index contributed by atoms with van der Waals surface area (Å²) in [5.41, 5.74) is 6.62. The lowest BCUT2D eigenvalue weighted by molar-refractivity contribution is 0.115. The third kappa shape index (κ3) is 3.88. The van der Waals surface area contributed by atoms with Gasteiger partial charge in [-0.05, 0) is 62.1 Å². The molecule has 29 heavy (non-hydrogen) atoms. The van der Waals surface area contributed by atoms with E-state index in [9.17, 15) is 4.79 Å². The van der Waals surface area contributed by atoms with Crippen LogP contribution in [-0.2, 0) is 0 Å². The summed E-state index contributed by atoms with van der Waals surface area (Å²) < 4.78 is 2.03. The highest BCUT2D eigenvalue weighted by atomic mass is 16.2. The van der Waals surface area contributed by atoms with Gasteiger partial charge in [-0.15, -0.1) is 0 Å². The number of likely N-dealkylation sites (tertiary alicyclic amines) is 1. The van der Waals surface area contributed by atoms with Gasteiger partial charge in [0.25, 0.3) is 0 Å². The highest BCUT2D eigenvalue weighted by Gasteiger charge is 2.34. The van der Waals surface area contributed by atoms with Crippen molar-refractivity contribution < 1.29 is 4.79 Å². The van der Waals surface area contributed by atoms with Crippen LogP contribution in [0.5, 0.6) is 0 Å². The number of hydrogen-bond acceptors (Lipinski definition) is 3. The highest BCUT2D eigenvalue weighted by Crippen LogP contribution is 2.27. The molecule has 3 aromatic rings. The lowest BCUT2D eigenvalue weighted by Gasteiger charge is -2.40. The predicted molar refractivity (Wildman–Crippen MR) is 113 cm³/mol. The molecule has 2 aromatic heterocycles. The Hall–Kier alpha value is -3.15. The van der Waals surface area contributed by atoms with E-state index in [1.807, 2.05) is 34.8 Å². The first-order chi connectivity index (χ1) is 13.9. The summed E-state index contributed by atoms with van der Waals surface area (Å²) >= 11 is 0. The number of carbonyl (C=O) groups excluding carboxylic acids is 1. The fourth-order valence-corrected chi connectivity index (χ4v) is 3.86. The molecule has 6 nitrogen and oxygen atoms in total. The molecule has 1 aliphatic heterocycles. The van der Waals surface area contributed by atoms with Crippen LogP contribution in [0.15, 0.2) is 48.8 Å². The van der Waals surface area contributed by atoms with Crippen LogP contribution in [0.2, 0.25) is 0 Å². The number of nitrogens with zero attached hydrogens (tertiary/aromatic N) is 4. The Bertz CT molecular complexity index is 1020. The summed E-state index contributed by atoms with van der Waals surface area (Å²) in [5.74, 6) is 0. The summed E-state index contributed by atoms with van der Waals surface area (Å²) in [5, 5.41) is 7.76. The number of aryl methyl sites for hydroxylation is 4. The Morgan fingerprint density at radius 2 is 1.86 bits per heavy atom. The molecule has 0 bridgehead atoms. The molecule has 1 aromatic carbocycles. The molecule has 4 rings (SSSR count). The van der Waals surface area contributed by atoms with Crippen molar-refractivity contribution in [1.29, 1.82) is 0 Å². The van der Waals surface area contributed by atoms with Crippen LogP contribution in [-0.4, -0.2) is 38.8 Å². The molecule has 0 aliphatic carbocycles. The van der Waals surface area contributed by atoms with Gasteiger partial charge >= 0.3 is 6.03 Å². The number of hydrogen-bond donors (Lipinski definition) is 1. The Labute approximate surface area is 171 Å². The first-order valence-corrected chi connectivity index (χ1v) is 9.97. The SMILES string of the molecule is Cc1cc(C)n(C2CN(C(=O)N[C@H](c3cccnc3)c3ccc(C)c(C)c3)C2)n1. The normalized spacial score (nSPS) is 15.1. The number of carbonyl (C=O) groups is 1. The van der Waals surface area contributed by atoms with Crippen molar-refractivity contribution >= 4 is 6.03 Å². The number of rotatable bonds is 4. The number of amides is 2. The van der Waals surface area contributed by atoms with E-state index >= 15 is 0 Å². The quantitative estimate of drug-likeness (QED) is 0.737. The molecule has 1 fully saturated rings. The van der Waals surface area contributed by atoms with Gasteiger partial charge in [0.05, 0.1) is 17.8 Å². The maximum absolute atomic E-state index is 13.0. The number of benzene rings is 1. The minimum atomic E-state index is -0.233. The van der Waals surface area contributed by atoms with Crippen LogP contribution in [0.1, 0.15) is 45.7 Å². The fraction of sp³-hybridized carbons (Fsp3) is 0.348. The van der Waals surface area contributed by atoms with Crippen molar-refractivity contribution in [3.05, 3.63) is 82.4 Å². The lowest BCUT2D eigenvalue weighted by Crippen LogP contribution is -2.55. The second-order valence-corrected chi connectivity index (χ2v) is 7.94. The average molecular weight is 390 g/mol. The molecule has 0 unspecified atom stereocenters. The second kappa shape index (κ2) is 7.70. The molecule has 6 heteroatoms. The Morgan fingerprint density at radius 1 is 1.07 bits per heavy atom. The number of aromatic nitrogens is 3. The molecule has 1 saturated heterocycles. The van der Waals surface area contributed by atoms with E-state index in [0.29, 0.717) is 13.1 Å². The number of pyridine rings is 1. The molecule has 1 N–H and O–H groups in total. The van der Waals surface area contributed by atoms with Crippen molar-refractivity contribution in [2.24, 2.45) is 0 Å². The van der Waals surface area contributed by atoms with Crippen LogP contribution in [0, 0.1) is 27.7 Å². The first kappa shape index (κ1) is 19.2. The largest absolute Gasteiger partial charge is 0.327 e. The molecule has 0 radical (unpaired) electrons. The Kier molecular flexibility index (Phi) is 5.09. The minimum Gasteiger partial charge on any atom is -0.327 e. The highest BCUT2D eigenvalue weighted by molar-refractivity contribution is 5.76. The molecule has 1 aliphatic rings. The summed E-state index contributed by atoms with van der Waals surface area (Å²) in [4.78, 5) is 19.0. The van der Waals surface area contributed by atoms with E-state index in [2.05, 4.69) is 60.4 Å². The number of nitrogens with one attached hydrogen (secondary N) is 1. The van der Waals surface area contributed by atoms with Gasteiger partial charge < -0.3 is 10.2 Å². The average Bonchev–Trinajstić information content (AvgIpc) is 2.99. The molecule has 2 amide bonds. The molecular formula is C23H27N5O. The zero-order chi connectivity index (χ0) is 20.5. The fourth-order valence-electron chi connectivity index (χ4n) is 3.86. The van der Waals surface area contributed by atoms with E-state index in [1.54, 1.807) is 6.20 Å². The maximum atomic E-state index is 13.0. The smallest absolute Gasteiger partial charge is 0.318 e. The van der Waals surface area contributed by atoms with Crippen LogP contribution < -0.4 is 5.32 Å². The molecule has 1 atom stereocenters. The maximum Gasteiger partial charge on any atom is 0.318 e. The van der Waals surface area contributed by atoms with E-state index in [1.165, 1.54) is 11.1 Å². The third-order valence-corrected chi connectivity index (χ3v) is 5.69. The van der Waals surface area contributed by atoms with E-state index in [-0.39, 0.29) is 18.1 Å². The van der Waals surface area contributed by atoms with E-state index in [0.717, 1.165) is 22.5 Å². The monoisotopic (exact) mass is 389 g/mol. The Balaban J connectivity index is 1.50. The van der Waals surface area contributed by atoms with Crippen molar-refractivity contribution in [2.75, 3.05) is 13.1 Å². The van der Waals surface area contributed by atoms with Crippen molar-refractivity contribution in [1.82, 2.24) is 25.0 Å². The molecule has 150 valence electrons. The summed E-state index contributed by atoms with van der Waals surface area (Å²) in [6.07, 6.45) is 3.56. The van der Waals surface area contributed by atoms with Crippen LogP contribution >= 0.6 is 0 Å². The summed E-state index contributed by atoms with van der Waals surface area (Å²) in [7, 11) is 0. The van der Waals surface area contributed by atoms with Gasteiger partial charge in [0.2, 0.25) is 0 Å². The first-order valence-electron chi connectivity index (χ1n) is 9.97. The molecule has 0 spiro atoms. The van der Waals surface area contributed by atoms with Crippen LogP contribution in [0.3, 0.4) is 0 Å². The zero-order valence-electron chi connectivity index (χ0n) is 17.4.